The standard InChI is InChI=1S/C16H20F2N4O3/c1-16(2,3)10(15(24)25-4)13(23)11-14(19)22(21-20-11)12-8(17)6-5-7-9(12)18/h5-7,10,13,23H,19H2,1-4H3. The van der Waals surface area contributed by atoms with Gasteiger partial charge < -0.3 is 15.6 Å². The Labute approximate surface area is 143 Å². The molecule has 0 amide bonds. The van der Waals surface area contributed by atoms with Crippen LogP contribution in [0.2, 0.25) is 0 Å². The number of esters is 1. The molecule has 2 rings (SSSR count). The van der Waals surface area contributed by atoms with Crippen molar-refractivity contribution in [2.75, 3.05) is 12.8 Å². The summed E-state index contributed by atoms with van der Waals surface area (Å²) < 4.78 is 33.4. The van der Waals surface area contributed by atoms with Gasteiger partial charge in [-0.3, -0.25) is 4.79 Å². The Morgan fingerprint density at radius 2 is 1.88 bits per heavy atom. The first kappa shape index (κ1) is 18.8. The quantitative estimate of drug-likeness (QED) is 0.814. The Morgan fingerprint density at radius 3 is 2.36 bits per heavy atom. The molecule has 0 spiro atoms. The van der Waals surface area contributed by atoms with E-state index in [-0.39, 0.29) is 11.5 Å². The van der Waals surface area contributed by atoms with Crippen molar-refractivity contribution in [3.05, 3.63) is 35.5 Å². The Morgan fingerprint density at radius 1 is 1.32 bits per heavy atom. The molecule has 0 saturated heterocycles. The Kier molecular flexibility index (Phi) is 5.07. The van der Waals surface area contributed by atoms with E-state index < -0.39 is 40.7 Å². The second-order valence-corrected chi connectivity index (χ2v) is 6.65. The molecule has 9 heteroatoms. The van der Waals surface area contributed by atoms with Crippen LogP contribution in [0.4, 0.5) is 14.6 Å². The maximum Gasteiger partial charge on any atom is 0.312 e. The molecule has 136 valence electrons. The summed E-state index contributed by atoms with van der Waals surface area (Å²) in [6.07, 6.45) is -1.46. The van der Waals surface area contributed by atoms with Gasteiger partial charge in [0.15, 0.2) is 17.5 Å². The number of halogens is 2. The molecule has 25 heavy (non-hydrogen) atoms. The normalized spacial score (nSPS) is 14.2. The number of aromatic nitrogens is 3. The molecule has 3 N–H and O–H groups in total. The highest BCUT2D eigenvalue weighted by atomic mass is 19.1. The first-order valence-electron chi connectivity index (χ1n) is 7.51. The molecule has 0 fully saturated rings. The molecule has 1 aromatic carbocycles. The predicted molar refractivity (Wildman–Crippen MR) is 85.6 cm³/mol. The highest BCUT2D eigenvalue weighted by Crippen LogP contribution is 2.38. The number of aliphatic hydroxyl groups excluding tert-OH is 1. The molecular weight excluding hydrogens is 334 g/mol. The Bertz CT molecular complexity index is 766. The highest BCUT2D eigenvalue weighted by Gasteiger charge is 2.41. The van der Waals surface area contributed by atoms with E-state index in [1.807, 2.05) is 0 Å². The molecule has 2 aromatic rings. The van der Waals surface area contributed by atoms with Crippen LogP contribution in [0, 0.1) is 23.0 Å². The van der Waals surface area contributed by atoms with Gasteiger partial charge in [-0.1, -0.05) is 32.1 Å². The highest BCUT2D eigenvalue weighted by molar-refractivity contribution is 5.74. The number of aliphatic hydroxyl groups is 1. The van der Waals surface area contributed by atoms with Crippen LogP contribution < -0.4 is 5.73 Å². The van der Waals surface area contributed by atoms with Crippen molar-refractivity contribution in [3.63, 3.8) is 0 Å². The summed E-state index contributed by atoms with van der Waals surface area (Å²) in [7, 11) is 1.20. The summed E-state index contributed by atoms with van der Waals surface area (Å²) >= 11 is 0. The number of hydrogen-bond donors (Lipinski definition) is 2. The number of carbonyl (C=O) groups is 1. The van der Waals surface area contributed by atoms with E-state index in [4.69, 9.17) is 10.5 Å². The number of anilines is 1. The van der Waals surface area contributed by atoms with Gasteiger partial charge in [-0.2, -0.15) is 4.68 Å². The fraction of sp³-hybridized carbons (Fsp3) is 0.438. The molecule has 0 aliphatic heterocycles. The van der Waals surface area contributed by atoms with Gasteiger partial charge in [0.2, 0.25) is 0 Å². The van der Waals surface area contributed by atoms with Crippen molar-refractivity contribution in [2.45, 2.75) is 26.9 Å². The lowest BCUT2D eigenvalue weighted by Crippen LogP contribution is -2.35. The van der Waals surface area contributed by atoms with E-state index in [2.05, 4.69) is 10.3 Å². The topological polar surface area (TPSA) is 103 Å². The first-order chi connectivity index (χ1) is 11.6. The molecule has 0 saturated carbocycles. The number of carbonyl (C=O) groups excluding carboxylic acids is 1. The van der Waals surface area contributed by atoms with Gasteiger partial charge in [-0.15, -0.1) is 5.10 Å². The van der Waals surface area contributed by atoms with Gasteiger partial charge in [0.05, 0.1) is 13.0 Å². The Hall–Kier alpha value is -2.55. The molecule has 0 aliphatic carbocycles. The molecule has 2 unspecified atom stereocenters. The van der Waals surface area contributed by atoms with Crippen LogP contribution in [0.5, 0.6) is 0 Å². The van der Waals surface area contributed by atoms with Crippen LogP contribution in [0.1, 0.15) is 32.6 Å². The number of benzene rings is 1. The smallest absolute Gasteiger partial charge is 0.312 e. The minimum absolute atomic E-state index is 0.159. The van der Waals surface area contributed by atoms with Crippen LogP contribution in [0.25, 0.3) is 5.69 Å². The van der Waals surface area contributed by atoms with Gasteiger partial charge >= 0.3 is 5.97 Å². The summed E-state index contributed by atoms with van der Waals surface area (Å²) in [5.41, 5.74) is 4.52. The number of ether oxygens (including phenoxy) is 1. The molecule has 7 nitrogen and oxygen atoms in total. The molecule has 1 aromatic heterocycles. The van der Waals surface area contributed by atoms with Gasteiger partial charge in [0.1, 0.15) is 17.5 Å². The number of para-hydroxylation sites is 1. The summed E-state index contributed by atoms with van der Waals surface area (Å²) in [5, 5.41) is 18.0. The van der Waals surface area contributed by atoms with Crippen molar-refractivity contribution in [1.82, 2.24) is 15.0 Å². The van der Waals surface area contributed by atoms with Gasteiger partial charge in [-0.05, 0) is 17.5 Å². The lowest BCUT2D eigenvalue weighted by molar-refractivity contribution is -0.155. The minimum Gasteiger partial charge on any atom is -0.469 e. The molecule has 2 atom stereocenters. The van der Waals surface area contributed by atoms with Gasteiger partial charge in [0.25, 0.3) is 0 Å². The maximum atomic E-state index is 13.9. The molecule has 0 aliphatic rings. The largest absolute Gasteiger partial charge is 0.469 e. The lowest BCUT2D eigenvalue weighted by Gasteiger charge is -2.31. The summed E-state index contributed by atoms with van der Waals surface area (Å²) in [5.74, 6) is -3.72. The Balaban J connectivity index is 2.52. The second-order valence-electron chi connectivity index (χ2n) is 6.65. The average molecular weight is 354 g/mol. The van der Waals surface area contributed by atoms with Crippen LogP contribution in [0.15, 0.2) is 18.2 Å². The number of hydrogen-bond acceptors (Lipinski definition) is 6. The zero-order chi connectivity index (χ0) is 18.9. The SMILES string of the molecule is COC(=O)C(C(O)c1nnn(-c2c(F)cccc2F)c1N)C(C)(C)C. The predicted octanol–water partition coefficient (Wildman–Crippen LogP) is 2.00. The summed E-state index contributed by atoms with van der Waals surface area (Å²) in [6.45, 7) is 5.19. The van der Waals surface area contributed by atoms with E-state index in [9.17, 15) is 18.7 Å². The molecule has 1 heterocycles. The number of methoxy groups -OCH3 is 1. The van der Waals surface area contributed by atoms with Crippen LogP contribution in [0.3, 0.4) is 0 Å². The van der Waals surface area contributed by atoms with E-state index in [1.54, 1.807) is 20.8 Å². The number of nitrogens with two attached hydrogens (primary N) is 1. The third kappa shape index (κ3) is 3.46. The van der Waals surface area contributed by atoms with E-state index in [0.717, 1.165) is 16.8 Å². The third-order valence-corrected chi connectivity index (χ3v) is 3.87. The summed E-state index contributed by atoms with van der Waals surface area (Å²) in [4.78, 5) is 12.1. The van der Waals surface area contributed by atoms with Crippen LogP contribution in [-0.4, -0.2) is 33.2 Å². The third-order valence-electron chi connectivity index (χ3n) is 3.87. The second kappa shape index (κ2) is 6.75. The van der Waals surface area contributed by atoms with E-state index in [0.29, 0.717) is 0 Å². The average Bonchev–Trinajstić information content (AvgIpc) is 2.87. The van der Waals surface area contributed by atoms with Crippen LogP contribution in [-0.2, 0) is 9.53 Å². The number of nitrogens with zero attached hydrogens (tertiary/aromatic N) is 3. The monoisotopic (exact) mass is 354 g/mol. The van der Waals surface area contributed by atoms with Gasteiger partial charge in [0, 0.05) is 0 Å². The van der Waals surface area contributed by atoms with Crippen molar-refractivity contribution >= 4 is 11.8 Å². The van der Waals surface area contributed by atoms with Crippen LogP contribution >= 0.6 is 0 Å². The lowest BCUT2D eigenvalue weighted by atomic mass is 9.76. The summed E-state index contributed by atoms with van der Waals surface area (Å²) in [6, 6.07) is 3.29. The van der Waals surface area contributed by atoms with Gasteiger partial charge in [-0.25, -0.2) is 8.78 Å². The molecule has 0 bridgehead atoms. The van der Waals surface area contributed by atoms with Crippen molar-refractivity contribution in [3.8, 4) is 5.69 Å². The van der Waals surface area contributed by atoms with Crippen molar-refractivity contribution in [1.29, 1.82) is 0 Å². The minimum atomic E-state index is -1.46. The fourth-order valence-electron chi connectivity index (χ4n) is 2.61. The number of rotatable bonds is 4. The first-order valence-corrected chi connectivity index (χ1v) is 7.51. The van der Waals surface area contributed by atoms with E-state index >= 15 is 0 Å². The molecular formula is C16H20F2N4O3. The number of nitrogen functional groups attached to an aromatic ring is 1. The zero-order valence-electron chi connectivity index (χ0n) is 14.3. The maximum absolute atomic E-state index is 13.9. The zero-order valence-corrected chi connectivity index (χ0v) is 14.3. The van der Waals surface area contributed by atoms with E-state index in [1.165, 1.54) is 13.2 Å². The van der Waals surface area contributed by atoms with Crippen molar-refractivity contribution < 1.29 is 23.4 Å². The van der Waals surface area contributed by atoms with Crippen molar-refractivity contribution in [2.24, 2.45) is 11.3 Å². The fourth-order valence-corrected chi connectivity index (χ4v) is 2.61. The molecule has 0 radical (unpaired) electrons.